The fourth-order valence-electron chi connectivity index (χ4n) is 1.14. The molecular weight excluding hydrogens is 275 g/mol. The minimum atomic E-state index is -0.458. The number of nitrogens with one attached hydrogen (secondary N) is 2. The largest absolute Gasteiger partial charge is 0.338 e. The molecule has 0 aliphatic heterocycles. The fraction of sp³-hybridized carbons (Fsp3) is 0.364. The molecule has 0 saturated heterocycles. The van der Waals surface area contributed by atoms with E-state index in [-0.39, 0.29) is 11.7 Å². The molecule has 88 valence electrons. The number of anilines is 1. The van der Waals surface area contributed by atoms with Crippen molar-refractivity contribution in [1.82, 2.24) is 5.32 Å². The van der Waals surface area contributed by atoms with Crippen LogP contribution in [0.5, 0.6) is 0 Å². The first-order valence-electron chi connectivity index (χ1n) is 5.13. The second-order valence-corrected chi connectivity index (χ2v) is 4.27. The number of halogens is 2. The van der Waals surface area contributed by atoms with E-state index in [0.717, 1.165) is 12.8 Å². The molecule has 0 aliphatic carbocycles. The summed E-state index contributed by atoms with van der Waals surface area (Å²) in [5.41, 5.74) is 0.178. The summed E-state index contributed by atoms with van der Waals surface area (Å²) in [6.07, 6.45) is 1.92. The Hall–Kier alpha value is -1.10. The van der Waals surface area contributed by atoms with Gasteiger partial charge in [0.05, 0.1) is 5.69 Å². The predicted octanol–water partition coefficient (Wildman–Crippen LogP) is 3.51. The zero-order valence-corrected chi connectivity index (χ0v) is 10.6. The molecule has 5 heteroatoms. The number of benzene rings is 1. The number of unbranched alkanes of at least 4 members (excludes halogenated alkanes) is 1. The molecule has 0 saturated carbocycles. The molecular formula is C11H14BrFN2O. The van der Waals surface area contributed by atoms with Gasteiger partial charge in [0.1, 0.15) is 5.82 Å². The Bertz CT molecular complexity index is 371. The number of amides is 2. The normalized spacial score (nSPS) is 9.94. The van der Waals surface area contributed by atoms with Crippen LogP contribution >= 0.6 is 15.9 Å². The highest BCUT2D eigenvalue weighted by Crippen LogP contribution is 2.18. The molecule has 0 heterocycles. The van der Waals surface area contributed by atoms with Crippen LogP contribution in [0.1, 0.15) is 19.8 Å². The van der Waals surface area contributed by atoms with Crippen LogP contribution in [-0.2, 0) is 0 Å². The van der Waals surface area contributed by atoms with E-state index in [1.807, 2.05) is 6.92 Å². The average molecular weight is 289 g/mol. The number of carbonyl (C=O) groups is 1. The zero-order valence-electron chi connectivity index (χ0n) is 9.02. The van der Waals surface area contributed by atoms with E-state index in [0.29, 0.717) is 11.0 Å². The van der Waals surface area contributed by atoms with Crippen LogP contribution in [-0.4, -0.2) is 12.6 Å². The van der Waals surface area contributed by atoms with Crippen LogP contribution in [0.15, 0.2) is 22.7 Å². The van der Waals surface area contributed by atoms with Crippen LogP contribution < -0.4 is 10.6 Å². The first-order valence-corrected chi connectivity index (χ1v) is 5.92. The van der Waals surface area contributed by atoms with E-state index < -0.39 is 5.82 Å². The number of hydrogen-bond acceptors (Lipinski definition) is 1. The van der Waals surface area contributed by atoms with E-state index in [1.54, 1.807) is 6.07 Å². The molecule has 0 fully saturated rings. The van der Waals surface area contributed by atoms with Crippen LogP contribution in [0, 0.1) is 5.82 Å². The van der Waals surface area contributed by atoms with E-state index in [4.69, 9.17) is 0 Å². The van der Waals surface area contributed by atoms with Gasteiger partial charge in [-0.2, -0.15) is 0 Å². The summed E-state index contributed by atoms with van der Waals surface area (Å²) in [4.78, 5) is 11.3. The van der Waals surface area contributed by atoms with E-state index in [9.17, 15) is 9.18 Å². The average Bonchev–Trinajstić information content (AvgIpc) is 2.23. The molecule has 16 heavy (non-hydrogen) atoms. The monoisotopic (exact) mass is 288 g/mol. The van der Waals surface area contributed by atoms with Crippen LogP contribution in [0.2, 0.25) is 0 Å². The molecule has 0 spiro atoms. The van der Waals surface area contributed by atoms with Gasteiger partial charge < -0.3 is 10.6 Å². The van der Waals surface area contributed by atoms with Gasteiger partial charge in [0, 0.05) is 11.0 Å². The molecule has 0 atom stereocenters. The lowest BCUT2D eigenvalue weighted by Crippen LogP contribution is -2.29. The molecule has 2 N–H and O–H groups in total. The highest BCUT2D eigenvalue weighted by atomic mass is 79.9. The molecule has 0 aliphatic rings. The standard InChI is InChI=1S/C11H14BrFN2O/c1-2-3-6-14-11(16)15-10-5-4-8(12)7-9(10)13/h4-5,7H,2-3,6H2,1H3,(H2,14,15,16). The first kappa shape index (κ1) is 13.0. The van der Waals surface area contributed by atoms with Gasteiger partial charge in [-0.1, -0.05) is 29.3 Å². The predicted molar refractivity (Wildman–Crippen MR) is 66.0 cm³/mol. The highest BCUT2D eigenvalue weighted by molar-refractivity contribution is 9.10. The van der Waals surface area contributed by atoms with Crippen molar-refractivity contribution in [3.05, 3.63) is 28.5 Å². The van der Waals surface area contributed by atoms with E-state index >= 15 is 0 Å². The van der Waals surface area contributed by atoms with Crippen molar-refractivity contribution in [3.8, 4) is 0 Å². The number of rotatable bonds is 4. The summed E-state index contributed by atoms with van der Waals surface area (Å²) in [7, 11) is 0. The molecule has 3 nitrogen and oxygen atoms in total. The van der Waals surface area contributed by atoms with Crippen molar-refractivity contribution >= 4 is 27.6 Å². The lowest BCUT2D eigenvalue weighted by molar-refractivity contribution is 0.252. The van der Waals surface area contributed by atoms with Gasteiger partial charge in [-0.25, -0.2) is 9.18 Å². The van der Waals surface area contributed by atoms with Crippen molar-refractivity contribution in [2.45, 2.75) is 19.8 Å². The second kappa shape index (κ2) is 6.48. The number of carbonyl (C=O) groups excluding carboxylic acids is 1. The van der Waals surface area contributed by atoms with Crippen LogP contribution in [0.25, 0.3) is 0 Å². The maximum Gasteiger partial charge on any atom is 0.319 e. The Morgan fingerprint density at radius 1 is 1.50 bits per heavy atom. The Morgan fingerprint density at radius 3 is 2.88 bits per heavy atom. The lowest BCUT2D eigenvalue weighted by Gasteiger charge is -2.07. The summed E-state index contributed by atoms with van der Waals surface area (Å²) < 4.78 is 14.0. The van der Waals surface area contributed by atoms with Crippen molar-refractivity contribution < 1.29 is 9.18 Å². The van der Waals surface area contributed by atoms with E-state index in [1.165, 1.54) is 12.1 Å². The van der Waals surface area contributed by atoms with Crippen LogP contribution in [0.4, 0.5) is 14.9 Å². The smallest absolute Gasteiger partial charge is 0.319 e. The minimum Gasteiger partial charge on any atom is -0.338 e. The summed E-state index contributed by atoms with van der Waals surface area (Å²) in [5.74, 6) is -0.458. The number of hydrogen-bond donors (Lipinski definition) is 2. The Labute approximate surface area is 103 Å². The zero-order chi connectivity index (χ0) is 12.0. The minimum absolute atomic E-state index is 0.178. The third kappa shape index (κ3) is 4.18. The van der Waals surface area contributed by atoms with Crippen molar-refractivity contribution in [1.29, 1.82) is 0 Å². The molecule has 1 aromatic rings. The summed E-state index contributed by atoms with van der Waals surface area (Å²) in [6.45, 7) is 2.63. The molecule has 0 radical (unpaired) electrons. The summed E-state index contributed by atoms with van der Waals surface area (Å²) >= 11 is 3.15. The van der Waals surface area contributed by atoms with Gasteiger partial charge in [0.25, 0.3) is 0 Å². The topological polar surface area (TPSA) is 41.1 Å². The Morgan fingerprint density at radius 2 is 2.25 bits per heavy atom. The molecule has 0 bridgehead atoms. The third-order valence-electron chi connectivity index (χ3n) is 2.00. The van der Waals surface area contributed by atoms with Gasteiger partial charge in [-0.05, 0) is 24.6 Å². The maximum absolute atomic E-state index is 13.3. The fourth-order valence-corrected chi connectivity index (χ4v) is 1.47. The number of urea groups is 1. The second-order valence-electron chi connectivity index (χ2n) is 3.36. The molecule has 1 rings (SSSR count). The maximum atomic E-state index is 13.3. The molecule has 0 unspecified atom stereocenters. The van der Waals surface area contributed by atoms with Gasteiger partial charge in [0.2, 0.25) is 0 Å². The third-order valence-corrected chi connectivity index (χ3v) is 2.49. The molecule has 0 aromatic heterocycles. The van der Waals surface area contributed by atoms with Gasteiger partial charge in [0.15, 0.2) is 0 Å². The summed E-state index contributed by atoms with van der Waals surface area (Å²) in [6, 6.07) is 4.11. The van der Waals surface area contributed by atoms with Crippen molar-refractivity contribution in [2.24, 2.45) is 0 Å². The molecule has 2 amide bonds. The van der Waals surface area contributed by atoms with Crippen molar-refractivity contribution in [3.63, 3.8) is 0 Å². The van der Waals surface area contributed by atoms with Gasteiger partial charge in [-0.3, -0.25) is 0 Å². The van der Waals surface area contributed by atoms with Gasteiger partial charge >= 0.3 is 6.03 Å². The Balaban J connectivity index is 2.49. The van der Waals surface area contributed by atoms with Crippen molar-refractivity contribution in [2.75, 3.05) is 11.9 Å². The highest BCUT2D eigenvalue weighted by Gasteiger charge is 2.06. The van der Waals surface area contributed by atoms with Crippen LogP contribution in [0.3, 0.4) is 0 Å². The Kier molecular flexibility index (Phi) is 5.25. The molecule has 1 aromatic carbocycles. The quantitative estimate of drug-likeness (QED) is 0.818. The summed E-state index contributed by atoms with van der Waals surface area (Å²) in [5, 5.41) is 5.10. The first-order chi connectivity index (χ1) is 7.63. The lowest BCUT2D eigenvalue weighted by atomic mass is 10.3. The SMILES string of the molecule is CCCCNC(=O)Nc1ccc(Br)cc1F. The van der Waals surface area contributed by atoms with E-state index in [2.05, 4.69) is 26.6 Å². The van der Waals surface area contributed by atoms with Gasteiger partial charge in [-0.15, -0.1) is 0 Å².